The van der Waals surface area contributed by atoms with Gasteiger partial charge in [-0.15, -0.1) is 0 Å². The topological polar surface area (TPSA) is 97.4 Å². The molecule has 0 unspecified atom stereocenters. The lowest BCUT2D eigenvalue weighted by atomic mass is 10.1. The van der Waals surface area contributed by atoms with Gasteiger partial charge in [-0.25, -0.2) is 4.79 Å². The van der Waals surface area contributed by atoms with E-state index in [0.29, 0.717) is 17.0 Å². The molecular formula is C15H17N3O3. The molecule has 0 bridgehead atoms. The summed E-state index contributed by atoms with van der Waals surface area (Å²) in [4.78, 5) is 23.0. The SMILES string of the molecule is Cc1ccc([C@H](C)NC(=O)c2cccc(NC(N)=O)c2)o1. The van der Waals surface area contributed by atoms with E-state index < -0.39 is 6.03 Å². The number of rotatable bonds is 4. The Bertz CT molecular complexity index is 664. The number of amides is 3. The first-order valence-corrected chi connectivity index (χ1v) is 6.49. The van der Waals surface area contributed by atoms with E-state index in [1.807, 2.05) is 26.0 Å². The highest BCUT2D eigenvalue weighted by atomic mass is 16.3. The summed E-state index contributed by atoms with van der Waals surface area (Å²) in [5.41, 5.74) is 5.94. The van der Waals surface area contributed by atoms with Crippen molar-refractivity contribution >= 4 is 17.6 Å². The van der Waals surface area contributed by atoms with Crippen LogP contribution in [-0.4, -0.2) is 11.9 Å². The Balaban J connectivity index is 2.07. The molecule has 6 heteroatoms. The molecule has 0 aliphatic carbocycles. The first-order valence-electron chi connectivity index (χ1n) is 6.49. The molecule has 21 heavy (non-hydrogen) atoms. The third kappa shape index (κ3) is 3.85. The van der Waals surface area contributed by atoms with Crippen LogP contribution in [-0.2, 0) is 0 Å². The summed E-state index contributed by atoms with van der Waals surface area (Å²) in [6, 6.07) is 9.27. The van der Waals surface area contributed by atoms with Crippen molar-refractivity contribution in [1.82, 2.24) is 5.32 Å². The van der Waals surface area contributed by atoms with Crippen LogP contribution in [0.5, 0.6) is 0 Å². The number of urea groups is 1. The van der Waals surface area contributed by atoms with Gasteiger partial charge in [0.15, 0.2) is 0 Å². The van der Waals surface area contributed by atoms with Gasteiger partial charge < -0.3 is 20.8 Å². The van der Waals surface area contributed by atoms with E-state index in [0.717, 1.165) is 5.76 Å². The molecule has 4 N–H and O–H groups in total. The molecule has 3 amide bonds. The standard InChI is InChI=1S/C15H17N3O3/c1-9-6-7-13(21-9)10(2)17-14(19)11-4-3-5-12(8-11)18-15(16)20/h3-8,10H,1-2H3,(H,17,19)(H3,16,18,20)/t10-/m0/s1. The fourth-order valence-electron chi connectivity index (χ4n) is 1.92. The van der Waals surface area contributed by atoms with Crippen molar-refractivity contribution < 1.29 is 14.0 Å². The minimum Gasteiger partial charge on any atom is -0.464 e. The van der Waals surface area contributed by atoms with E-state index in [4.69, 9.17) is 10.2 Å². The Kier molecular flexibility index (Phi) is 4.27. The third-order valence-corrected chi connectivity index (χ3v) is 2.93. The number of hydrogen-bond donors (Lipinski definition) is 3. The number of benzene rings is 1. The Labute approximate surface area is 122 Å². The van der Waals surface area contributed by atoms with Gasteiger partial charge in [0.2, 0.25) is 0 Å². The Morgan fingerprint density at radius 3 is 2.62 bits per heavy atom. The highest BCUT2D eigenvalue weighted by Gasteiger charge is 2.14. The zero-order chi connectivity index (χ0) is 15.4. The molecule has 0 aliphatic rings. The average Bonchev–Trinajstić information content (AvgIpc) is 2.85. The zero-order valence-electron chi connectivity index (χ0n) is 11.8. The van der Waals surface area contributed by atoms with Crippen LogP contribution < -0.4 is 16.4 Å². The lowest BCUT2D eigenvalue weighted by molar-refractivity contribution is 0.0935. The van der Waals surface area contributed by atoms with Crippen LogP contribution in [0.3, 0.4) is 0 Å². The van der Waals surface area contributed by atoms with Crippen molar-refractivity contribution in [3.63, 3.8) is 0 Å². The fourth-order valence-corrected chi connectivity index (χ4v) is 1.92. The number of nitrogens with two attached hydrogens (primary N) is 1. The van der Waals surface area contributed by atoms with Crippen LogP contribution in [0.25, 0.3) is 0 Å². The zero-order valence-corrected chi connectivity index (χ0v) is 11.8. The van der Waals surface area contributed by atoms with Crippen molar-refractivity contribution in [2.24, 2.45) is 5.73 Å². The summed E-state index contributed by atoms with van der Waals surface area (Å²) in [5, 5.41) is 5.26. The molecule has 1 aromatic carbocycles. The maximum absolute atomic E-state index is 12.2. The number of carbonyl (C=O) groups is 2. The molecule has 0 saturated carbocycles. The first-order chi connectivity index (χ1) is 9.95. The van der Waals surface area contributed by atoms with E-state index in [9.17, 15) is 9.59 Å². The highest BCUT2D eigenvalue weighted by Crippen LogP contribution is 2.17. The molecule has 0 radical (unpaired) electrons. The van der Waals surface area contributed by atoms with Crippen molar-refractivity contribution in [3.8, 4) is 0 Å². The second-order valence-corrected chi connectivity index (χ2v) is 4.71. The molecule has 0 saturated heterocycles. The molecule has 1 heterocycles. The van der Waals surface area contributed by atoms with Crippen molar-refractivity contribution in [2.45, 2.75) is 19.9 Å². The Morgan fingerprint density at radius 2 is 2.00 bits per heavy atom. The van der Waals surface area contributed by atoms with Gasteiger partial charge in [-0.2, -0.15) is 0 Å². The van der Waals surface area contributed by atoms with Crippen molar-refractivity contribution in [2.75, 3.05) is 5.32 Å². The molecule has 2 aromatic rings. The van der Waals surface area contributed by atoms with E-state index >= 15 is 0 Å². The average molecular weight is 287 g/mol. The molecule has 2 rings (SSSR count). The van der Waals surface area contributed by atoms with Gasteiger partial charge in [-0.05, 0) is 44.2 Å². The normalized spacial score (nSPS) is 11.7. The second-order valence-electron chi connectivity index (χ2n) is 4.71. The maximum atomic E-state index is 12.2. The van der Waals surface area contributed by atoms with Gasteiger partial charge in [0.05, 0.1) is 6.04 Å². The molecule has 0 fully saturated rings. The number of carbonyl (C=O) groups excluding carboxylic acids is 2. The Morgan fingerprint density at radius 1 is 1.24 bits per heavy atom. The van der Waals surface area contributed by atoms with Crippen LogP contribution in [0, 0.1) is 6.92 Å². The first kappa shape index (κ1) is 14.6. The molecule has 1 aromatic heterocycles. The number of aryl methyl sites for hydroxylation is 1. The highest BCUT2D eigenvalue weighted by molar-refractivity contribution is 5.96. The quantitative estimate of drug-likeness (QED) is 0.806. The summed E-state index contributed by atoms with van der Waals surface area (Å²) < 4.78 is 5.47. The van der Waals surface area contributed by atoms with Crippen molar-refractivity contribution in [1.29, 1.82) is 0 Å². The van der Waals surface area contributed by atoms with Gasteiger partial charge in [-0.3, -0.25) is 4.79 Å². The molecule has 6 nitrogen and oxygen atoms in total. The lowest BCUT2D eigenvalue weighted by Gasteiger charge is -2.12. The minimum atomic E-state index is -0.674. The van der Waals surface area contributed by atoms with Gasteiger partial charge in [-0.1, -0.05) is 6.07 Å². The minimum absolute atomic E-state index is 0.251. The largest absolute Gasteiger partial charge is 0.464 e. The van der Waals surface area contributed by atoms with Gasteiger partial charge in [0.25, 0.3) is 5.91 Å². The van der Waals surface area contributed by atoms with Crippen molar-refractivity contribution in [3.05, 3.63) is 53.5 Å². The van der Waals surface area contributed by atoms with Crippen LogP contribution >= 0.6 is 0 Å². The summed E-state index contributed by atoms with van der Waals surface area (Å²) in [6.45, 7) is 3.68. The van der Waals surface area contributed by atoms with Crippen LogP contribution in [0.4, 0.5) is 10.5 Å². The molecular weight excluding hydrogens is 270 g/mol. The third-order valence-electron chi connectivity index (χ3n) is 2.93. The summed E-state index contributed by atoms with van der Waals surface area (Å²) in [6.07, 6.45) is 0. The van der Waals surface area contributed by atoms with E-state index in [2.05, 4.69) is 10.6 Å². The van der Waals surface area contributed by atoms with E-state index in [1.54, 1.807) is 24.3 Å². The summed E-state index contributed by atoms with van der Waals surface area (Å²) >= 11 is 0. The predicted molar refractivity (Wildman–Crippen MR) is 79.0 cm³/mol. The van der Waals surface area contributed by atoms with Crippen LogP contribution in [0.15, 0.2) is 40.8 Å². The number of furan rings is 1. The fraction of sp³-hybridized carbons (Fsp3) is 0.200. The molecule has 1 atom stereocenters. The predicted octanol–water partition coefficient (Wildman–Crippen LogP) is 2.57. The molecule has 110 valence electrons. The van der Waals surface area contributed by atoms with E-state index in [1.165, 1.54) is 0 Å². The van der Waals surface area contributed by atoms with Crippen LogP contribution in [0.1, 0.15) is 34.8 Å². The number of primary amides is 1. The van der Waals surface area contributed by atoms with Gasteiger partial charge >= 0.3 is 6.03 Å². The van der Waals surface area contributed by atoms with E-state index in [-0.39, 0.29) is 11.9 Å². The maximum Gasteiger partial charge on any atom is 0.316 e. The second kappa shape index (κ2) is 6.13. The summed E-state index contributed by atoms with van der Waals surface area (Å²) in [5.74, 6) is 1.22. The van der Waals surface area contributed by atoms with Gasteiger partial charge in [0.1, 0.15) is 11.5 Å². The number of nitrogens with one attached hydrogen (secondary N) is 2. The monoisotopic (exact) mass is 287 g/mol. The molecule has 0 spiro atoms. The van der Waals surface area contributed by atoms with Gasteiger partial charge in [0, 0.05) is 11.3 Å². The number of hydrogen-bond acceptors (Lipinski definition) is 3. The number of anilines is 1. The Hall–Kier alpha value is -2.76. The molecule has 0 aliphatic heterocycles. The lowest BCUT2D eigenvalue weighted by Crippen LogP contribution is -2.26. The summed E-state index contributed by atoms with van der Waals surface area (Å²) in [7, 11) is 0. The van der Waals surface area contributed by atoms with Crippen LogP contribution in [0.2, 0.25) is 0 Å². The smallest absolute Gasteiger partial charge is 0.316 e.